The molecule has 0 aromatic heterocycles. The molecule has 0 amide bonds. The first-order chi connectivity index (χ1) is 5.19. The van der Waals surface area contributed by atoms with Gasteiger partial charge >= 0.3 is 0 Å². The van der Waals surface area contributed by atoms with Crippen molar-refractivity contribution in [1.82, 2.24) is 0 Å². The topological polar surface area (TPSA) is 0 Å². The third-order valence-electron chi connectivity index (χ3n) is 2.57. The van der Waals surface area contributed by atoms with Gasteiger partial charge in [-0.3, -0.25) is 0 Å². The minimum Gasteiger partial charge on any atom is -0.174 e. The Bertz CT molecular complexity index is 125. The smallest absolute Gasteiger partial charge is 0.0246 e. The predicted molar refractivity (Wildman–Crippen MR) is 57.6 cm³/mol. The van der Waals surface area contributed by atoms with Crippen LogP contribution in [0.5, 0.6) is 0 Å². The second kappa shape index (κ2) is 4.08. The zero-order valence-corrected chi connectivity index (χ0v) is 8.71. The Morgan fingerprint density at radius 2 is 2.27 bits per heavy atom. The van der Waals surface area contributed by atoms with E-state index in [9.17, 15) is 0 Å². The van der Waals surface area contributed by atoms with Crippen LogP contribution in [0.1, 0.15) is 38.5 Å². The molecule has 11 heavy (non-hydrogen) atoms. The van der Waals surface area contributed by atoms with Crippen LogP contribution in [0.4, 0.5) is 0 Å². The fourth-order valence-corrected chi connectivity index (χ4v) is 2.65. The number of rotatable bonds is 3. The molecule has 0 spiro atoms. The normalized spacial score (nSPS) is 37.9. The largest absolute Gasteiger partial charge is 0.174 e. The van der Waals surface area contributed by atoms with Crippen molar-refractivity contribution >= 4 is 25.3 Å². The Labute approximate surface area is 81.0 Å². The maximum atomic E-state index is 4.71. The summed E-state index contributed by atoms with van der Waals surface area (Å²) in [5.41, 5.74) is 0. The van der Waals surface area contributed by atoms with Crippen LogP contribution < -0.4 is 0 Å². The van der Waals surface area contributed by atoms with Gasteiger partial charge in [0, 0.05) is 10.00 Å². The molecule has 1 aliphatic carbocycles. The van der Waals surface area contributed by atoms with Gasteiger partial charge in [0.05, 0.1) is 0 Å². The lowest BCUT2D eigenvalue weighted by Crippen LogP contribution is -2.27. The summed E-state index contributed by atoms with van der Waals surface area (Å²) >= 11 is 9.25. The third-order valence-corrected chi connectivity index (χ3v) is 4.28. The van der Waals surface area contributed by atoms with Crippen LogP contribution in [0.25, 0.3) is 0 Å². The highest BCUT2D eigenvalue weighted by atomic mass is 32.1. The van der Waals surface area contributed by atoms with E-state index in [4.69, 9.17) is 12.6 Å². The van der Waals surface area contributed by atoms with Gasteiger partial charge in [0.2, 0.25) is 0 Å². The molecule has 1 aliphatic rings. The molecule has 2 atom stereocenters. The SMILES string of the molecule is [CH2]CCCC1(S)CCCC1S. The van der Waals surface area contributed by atoms with Crippen molar-refractivity contribution in [3.63, 3.8) is 0 Å². The van der Waals surface area contributed by atoms with E-state index in [-0.39, 0.29) is 4.75 Å². The first-order valence-electron chi connectivity index (χ1n) is 4.39. The summed E-state index contributed by atoms with van der Waals surface area (Å²) in [7, 11) is 0. The Balaban J connectivity index is 2.38. The maximum Gasteiger partial charge on any atom is 0.0246 e. The van der Waals surface area contributed by atoms with Crippen molar-refractivity contribution in [2.45, 2.75) is 48.5 Å². The second-order valence-corrected chi connectivity index (χ2v) is 4.98. The van der Waals surface area contributed by atoms with E-state index in [2.05, 4.69) is 19.6 Å². The average Bonchev–Trinajstić information content (AvgIpc) is 2.30. The van der Waals surface area contributed by atoms with E-state index in [1.807, 2.05) is 0 Å². The molecule has 0 heterocycles. The van der Waals surface area contributed by atoms with Crippen molar-refractivity contribution in [3.05, 3.63) is 6.92 Å². The van der Waals surface area contributed by atoms with Gasteiger partial charge in [-0.25, -0.2) is 0 Å². The fraction of sp³-hybridized carbons (Fsp3) is 0.889. The quantitative estimate of drug-likeness (QED) is 0.626. The molecule has 0 nitrogen and oxygen atoms in total. The van der Waals surface area contributed by atoms with Gasteiger partial charge in [0.25, 0.3) is 0 Å². The Morgan fingerprint density at radius 3 is 2.73 bits per heavy atom. The zero-order chi connectivity index (χ0) is 8.32. The van der Waals surface area contributed by atoms with E-state index in [1.165, 1.54) is 32.1 Å². The molecule has 0 aliphatic heterocycles. The summed E-state index contributed by atoms with van der Waals surface area (Å²) < 4.78 is 0.223. The predicted octanol–water partition coefficient (Wildman–Crippen LogP) is 3.14. The van der Waals surface area contributed by atoms with Crippen molar-refractivity contribution < 1.29 is 0 Å². The third kappa shape index (κ3) is 2.32. The number of thiol groups is 2. The van der Waals surface area contributed by atoms with E-state index < -0.39 is 0 Å². The lowest BCUT2D eigenvalue weighted by Gasteiger charge is -2.27. The Morgan fingerprint density at radius 1 is 1.55 bits per heavy atom. The lowest BCUT2D eigenvalue weighted by atomic mass is 9.99. The minimum absolute atomic E-state index is 0.223. The molecular weight excluding hydrogens is 172 g/mol. The van der Waals surface area contributed by atoms with Crippen LogP contribution in [0.15, 0.2) is 0 Å². The maximum absolute atomic E-state index is 4.71. The summed E-state index contributed by atoms with van der Waals surface area (Å²) in [5.74, 6) is 0. The minimum atomic E-state index is 0.223. The molecule has 1 radical (unpaired) electrons. The van der Waals surface area contributed by atoms with Crippen LogP contribution >= 0.6 is 25.3 Å². The molecule has 1 saturated carbocycles. The van der Waals surface area contributed by atoms with Crippen molar-refractivity contribution in [1.29, 1.82) is 0 Å². The summed E-state index contributed by atoms with van der Waals surface area (Å²) in [4.78, 5) is 0. The average molecular weight is 189 g/mol. The van der Waals surface area contributed by atoms with Gasteiger partial charge in [-0.1, -0.05) is 26.2 Å². The lowest BCUT2D eigenvalue weighted by molar-refractivity contribution is 0.549. The van der Waals surface area contributed by atoms with Gasteiger partial charge < -0.3 is 0 Å². The Hall–Kier alpha value is 0.700. The van der Waals surface area contributed by atoms with E-state index in [0.717, 1.165) is 6.42 Å². The van der Waals surface area contributed by atoms with Crippen molar-refractivity contribution in [2.75, 3.05) is 0 Å². The van der Waals surface area contributed by atoms with Crippen molar-refractivity contribution in [3.8, 4) is 0 Å². The summed E-state index contributed by atoms with van der Waals surface area (Å²) in [6.07, 6.45) is 7.19. The van der Waals surface area contributed by atoms with Crippen LogP contribution in [-0.4, -0.2) is 10.00 Å². The van der Waals surface area contributed by atoms with Gasteiger partial charge in [-0.05, 0) is 19.3 Å². The molecule has 65 valence electrons. The van der Waals surface area contributed by atoms with Crippen LogP contribution in [0.2, 0.25) is 0 Å². The van der Waals surface area contributed by atoms with Crippen molar-refractivity contribution in [2.24, 2.45) is 0 Å². The molecule has 2 heteroatoms. The molecule has 2 unspecified atom stereocenters. The zero-order valence-electron chi connectivity index (χ0n) is 6.92. The molecule has 0 bridgehead atoms. The summed E-state index contributed by atoms with van der Waals surface area (Å²) in [6.45, 7) is 3.84. The van der Waals surface area contributed by atoms with Crippen LogP contribution in [-0.2, 0) is 0 Å². The first kappa shape index (κ1) is 9.79. The summed E-state index contributed by atoms with van der Waals surface area (Å²) in [6, 6.07) is 0. The molecule has 0 N–H and O–H groups in total. The van der Waals surface area contributed by atoms with Crippen LogP contribution in [0.3, 0.4) is 0 Å². The molecular formula is C9H17S2. The highest BCUT2D eigenvalue weighted by Gasteiger charge is 2.36. The molecule has 0 aromatic carbocycles. The van der Waals surface area contributed by atoms with Crippen LogP contribution in [0, 0.1) is 6.92 Å². The van der Waals surface area contributed by atoms with E-state index in [0.29, 0.717) is 5.25 Å². The molecule has 0 saturated heterocycles. The number of hydrogen-bond acceptors (Lipinski definition) is 2. The summed E-state index contributed by atoms with van der Waals surface area (Å²) in [5, 5.41) is 0.511. The van der Waals surface area contributed by atoms with E-state index >= 15 is 0 Å². The Kier molecular flexibility index (Phi) is 3.63. The van der Waals surface area contributed by atoms with Gasteiger partial charge in [-0.15, -0.1) is 0 Å². The number of hydrogen-bond donors (Lipinski definition) is 2. The van der Waals surface area contributed by atoms with E-state index in [1.54, 1.807) is 0 Å². The molecule has 1 fully saturated rings. The molecule has 1 rings (SSSR count). The fourth-order valence-electron chi connectivity index (χ4n) is 1.76. The van der Waals surface area contributed by atoms with Gasteiger partial charge in [0.15, 0.2) is 0 Å². The highest BCUT2D eigenvalue weighted by molar-refractivity contribution is 7.85. The number of unbranched alkanes of at least 4 members (excludes halogenated alkanes) is 1. The first-order valence-corrected chi connectivity index (χ1v) is 5.35. The molecule has 0 aromatic rings. The van der Waals surface area contributed by atoms with Gasteiger partial charge in [-0.2, -0.15) is 25.3 Å². The second-order valence-electron chi connectivity index (χ2n) is 3.47. The van der Waals surface area contributed by atoms with Gasteiger partial charge in [0.1, 0.15) is 0 Å². The highest BCUT2D eigenvalue weighted by Crippen LogP contribution is 2.42. The standard InChI is InChI=1S/C9H17S2/c1-2-3-6-9(11)7-4-5-8(9)10/h8,10-11H,1-7H2. The monoisotopic (exact) mass is 189 g/mol.